The van der Waals surface area contributed by atoms with Gasteiger partial charge in [0, 0.05) is 11.9 Å². The van der Waals surface area contributed by atoms with Crippen LogP contribution in [0.15, 0.2) is 34.7 Å². The monoisotopic (exact) mass is 280 g/mol. The van der Waals surface area contributed by atoms with E-state index >= 15 is 0 Å². The molecule has 1 aliphatic heterocycles. The summed E-state index contributed by atoms with van der Waals surface area (Å²) in [6, 6.07) is 9.43. The summed E-state index contributed by atoms with van der Waals surface area (Å²) in [7, 11) is 0. The molecule has 1 unspecified atom stereocenters. The maximum Gasteiger partial charge on any atom is 0.287 e. The molecule has 1 aliphatic rings. The number of hydrogen-bond donors (Lipinski definition) is 2. The molecular formula is C14H17ClN2O2. The SMILES string of the molecule is Cl.O=C(NCC1CCNC1)c1cc2ccccc2o1. The summed E-state index contributed by atoms with van der Waals surface area (Å²) < 4.78 is 5.52. The molecule has 3 rings (SSSR count). The largest absolute Gasteiger partial charge is 0.451 e. The third kappa shape index (κ3) is 3.08. The summed E-state index contributed by atoms with van der Waals surface area (Å²) in [6.45, 7) is 2.74. The van der Waals surface area contributed by atoms with E-state index in [4.69, 9.17) is 4.42 Å². The highest BCUT2D eigenvalue weighted by atomic mass is 35.5. The van der Waals surface area contributed by atoms with Crippen LogP contribution >= 0.6 is 12.4 Å². The van der Waals surface area contributed by atoms with Gasteiger partial charge in [-0.15, -0.1) is 12.4 Å². The van der Waals surface area contributed by atoms with Crippen LogP contribution in [0.1, 0.15) is 17.0 Å². The first-order valence-electron chi connectivity index (χ1n) is 6.30. The molecule has 1 atom stereocenters. The quantitative estimate of drug-likeness (QED) is 0.906. The molecule has 1 aromatic carbocycles. The molecule has 4 nitrogen and oxygen atoms in total. The van der Waals surface area contributed by atoms with Crippen molar-refractivity contribution in [2.75, 3.05) is 19.6 Å². The van der Waals surface area contributed by atoms with Crippen molar-refractivity contribution in [1.82, 2.24) is 10.6 Å². The van der Waals surface area contributed by atoms with Crippen LogP contribution in [0.3, 0.4) is 0 Å². The fourth-order valence-electron chi connectivity index (χ4n) is 2.31. The number of carbonyl (C=O) groups is 1. The summed E-state index contributed by atoms with van der Waals surface area (Å²) in [5, 5.41) is 7.17. The Morgan fingerprint density at radius 3 is 3.00 bits per heavy atom. The second kappa shape index (κ2) is 6.08. The Labute approximate surface area is 118 Å². The number of furan rings is 1. The molecule has 0 saturated carbocycles. The fraction of sp³-hybridized carbons (Fsp3) is 0.357. The highest BCUT2D eigenvalue weighted by Crippen LogP contribution is 2.18. The van der Waals surface area contributed by atoms with E-state index in [1.807, 2.05) is 24.3 Å². The van der Waals surface area contributed by atoms with Crippen LogP contribution in [0.25, 0.3) is 11.0 Å². The van der Waals surface area contributed by atoms with Crippen molar-refractivity contribution in [3.63, 3.8) is 0 Å². The predicted octanol–water partition coefficient (Wildman–Crippen LogP) is 2.19. The zero-order chi connectivity index (χ0) is 12.4. The van der Waals surface area contributed by atoms with Gasteiger partial charge in [0.2, 0.25) is 0 Å². The van der Waals surface area contributed by atoms with E-state index in [0.717, 1.165) is 30.5 Å². The van der Waals surface area contributed by atoms with Gasteiger partial charge in [0.1, 0.15) is 5.58 Å². The van der Waals surface area contributed by atoms with Crippen LogP contribution in [0.2, 0.25) is 0 Å². The summed E-state index contributed by atoms with van der Waals surface area (Å²) >= 11 is 0. The highest BCUT2D eigenvalue weighted by Gasteiger charge is 2.17. The number of rotatable bonds is 3. The first-order valence-corrected chi connectivity index (χ1v) is 6.30. The number of halogens is 1. The van der Waals surface area contributed by atoms with E-state index in [1.165, 1.54) is 0 Å². The number of benzene rings is 1. The number of para-hydroxylation sites is 1. The molecule has 0 spiro atoms. The third-order valence-electron chi connectivity index (χ3n) is 3.36. The predicted molar refractivity (Wildman–Crippen MR) is 76.8 cm³/mol. The molecule has 0 aliphatic carbocycles. The smallest absolute Gasteiger partial charge is 0.287 e. The lowest BCUT2D eigenvalue weighted by molar-refractivity contribution is 0.0922. The standard InChI is InChI=1S/C14H16N2O2.ClH/c17-14(16-9-10-5-6-15-8-10)13-7-11-3-1-2-4-12(11)18-13;/h1-4,7,10,15H,5-6,8-9H2,(H,16,17);1H. The second-order valence-electron chi connectivity index (χ2n) is 4.72. The molecule has 2 heterocycles. The van der Waals surface area contributed by atoms with E-state index in [9.17, 15) is 4.79 Å². The van der Waals surface area contributed by atoms with Crippen molar-refractivity contribution in [3.8, 4) is 0 Å². The first-order chi connectivity index (χ1) is 8.83. The highest BCUT2D eigenvalue weighted by molar-refractivity contribution is 5.96. The Morgan fingerprint density at radius 2 is 2.26 bits per heavy atom. The Hall–Kier alpha value is -1.52. The average Bonchev–Trinajstić information content (AvgIpc) is 3.04. The second-order valence-corrected chi connectivity index (χ2v) is 4.72. The molecular weight excluding hydrogens is 264 g/mol. The van der Waals surface area contributed by atoms with Gasteiger partial charge in [0.15, 0.2) is 5.76 Å². The van der Waals surface area contributed by atoms with Crippen LogP contribution in [0, 0.1) is 5.92 Å². The molecule has 1 aromatic heterocycles. The van der Waals surface area contributed by atoms with Gasteiger partial charge >= 0.3 is 0 Å². The van der Waals surface area contributed by atoms with Gasteiger partial charge < -0.3 is 15.1 Å². The molecule has 2 aromatic rings. The molecule has 1 saturated heterocycles. The van der Waals surface area contributed by atoms with E-state index in [2.05, 4.69) is 10.6 Å². The van der Waals surface area contributed by atoms with Crippen molar-refractivity contribution >= 4 is 29.3 Å². The van der Waals surface area contributed by atoms with Crippen LogP contribution in [-0.2, 0) is 0 Å². The fourth-order valence-corrected chi connectivity index (χ4v) is 2.31. The number of nitrogens with one attached hydrogen (secondary N) is 2. The molecule has 19 heavy (non-hydrogen) atoms. The number of hydrogen-bond acceptors (Lipinski definition) is 3. The minimum Gasteiger partial charge on any atom is -0.451 e. The molecule has 2 N–H and O–H groups in total. The number of fused-ring (bicyclic) bond motifs is 1. The van der Waals surface area contributed by atoms with E-state index in [-0.39, 0.29) is 18.3 Å². The molecule has 0 bridgehead atoms. The van der Waals surface area contributed by atoms with Crippen molar-refractivity contribution in [2.24, 2.45) is 5.92 Å². The van der Waals surface area contributed by atoms with E-state index in [0.29, 0.717) is 18.2 Å². The van der Waals surface area contributed by atoms with Gasteiger partial charge in [-0.3, -0.25) is 4.79 Å². The van der Waals surface area contributed by atoms with E-state index < -0.39 is 0 Å². The Balaban J connectivity index is 0.00000133. The number of carbonyl (C=O) groups excluding carboxylic acids is 1. The van der Waals surface area contributed by atoms with Crippen LogP contribution in [0.5, 0.6) is 0 Å². The summed E-state index contributed by atoms with van der Waals surface area (Å²) in [6.07, 6.45) is 1.13. The summed E-state index contributed by atoms with van der Waals surface area (Å²) in [5.74, 6) is 0.804. The Kier molecular flexibility index (Phi) is 4.45. The maximum atomic E-state index is 11.9. The minimum absolute atomic E-state index is 0. The van der Waals surface area contributed by atoms with Crippen molar-refractivity contribution < 1.29 is 9.21 Å². The number of amides is 1. The Bertz CT molecular complexity index is 528. The van der Waals surface area contributed by atoms with Gasteiger partial charge in [0.25, 0.3) is 5.91 Å². The van der Waals surface area contributed by atoms with Crippen LogP contribution < -0.4 is 10.6 Å². The topological polar surface area (TPSA) is 54.3 Å². The van der Waals surface area contributed by atoms with Crippen molar-refractivity contribution in [3.05, 3.63) is 36.1 Å². The lowest BCUT2D eigenvalue weighted by Gasteiger charge is -2.08. The van der Waals surface area contributed by atoms with Crippen LogP contribution in [0.4, 0.5) is 0 Å². The van der Waals surface area contributed by atoms with Crippen molar-refractivity contribution in [1.29, 1.82) is 0 Å². The normalized spacial score (nSPS) is 18.2. The van der Waals surface area contributed by atoms with Gasteiger partial charge in [0.05, 0.1) is 0 Å². The molecule has 0 radical (unpaired) electrons. The van der Waals surface area contributed by atoms with Gasteiger partial charge in [-0.2, -0.15) is 0 Å². The molecule has 1 amide bonds. The zero-order valence-electron chi connectivity index (χ0n) is 10.5. The minimum atomic E-state index is -0.127. The summed E-state index contributed by atoms with van der Waals surface area (Å²) in [4.78, 5) is 11.9. The lowest BCUT2D eigenvalue weighted by Crippen LogP contribution is -2.29. The molecule has 102 valence electrons. The van der Waals surface area contributed by atoms with E-state index in [1.54, 1.807) is 6.07 Å². The van der Waals surface area contributed by atoms with Gasteiger partial charge in [-0.25, -0.2) is 0 Å². The Morgan fingerprint density at radius 1 is 1.42 bits per heavy atom. The zero-order valence-corrected chi connectivity index (χ0v) is 11.3. The first kappa shape index (κ1) is 13.9. The molecule has 1 fully saturated rings. The summed E-state index contributed by atoms with van der Waals surface area (Å²) in [5.41, 5.74) is 0.755. The molecule has 5 heteroatoms. The third-order valence-corrected chi connectivity index (χ3v) is 3.36. The lowest BCUT2D eigenvalue weighted by atomic mass is 10.1. The van der Waals surface area contributed by atoms with Gasteiger partial charge in [-0.05, 0) is 37.6 Å². The van der Waals surface area contributed by atoms with Gasteiger partial charge in [-0.1, -0.05) is 18.2 Å². The van der Waals surface area contributed by atoms with Crippen molar-refractivity contribution in [2.45, 2.75) is 6.42 Å². The average molecular weight is 281 g/mol. The maximum absolute atomic E-state index is 11.9. The van der Waals surface area contributed by atoms with Crippen LogP contribution in [-0.4, -0.2) is 25.5 Å².